The molecule has 1 rings (SSSR count). The second kappa shape index (κ2) is 9.89. The molecule has 21 heavy (non-hydrogen) atoms. The van der Waals surface area contributed by atoms with Gasteiger partial charge in [0.15, 0.2) is 11.5 Å². The second-order valence-electron chi connectivity index (χ2n) is 4.55. The van der Waals surface area contributed by atoms with Crippen molar-refractivity contribution in [3.05, 3.63) is 17.7 Å². The van der Waals surface area contributed by atoms with E-state index < -0.39 is 0 Å². The first-order valence-electron chi connectivity index (χ1n) is 7.22. The van der Waals surface area contributed by atoms with Gasteiger partial charge < -0.3 is 19.5 Å². The van der Waals surface area contributed by atoms with Crippen molar-refractivity contribution >= 4 is 0 Å². The minimum Gasteiger partial charge on any atom is -0.493 e. The lowest BCUT2D eigenvalue weighted by molar-refractivity contribution is 0.288. The maximum absolute atomic E-state index is 8.48. The molecule has 0 saturated heterocycles. The zero-order valence-electron chi connectivity index (χ0n) is 13.1. The molecular formula is C16H24N2O3. The van der Waals surface area contributed by atoms with Crippen LogP contribution in [0.2, 0.25) is 0 Å². The molecular weight excluding hydrogens is 268 g/mol. The van der Waals surface area contributed by atoms with Gasteiger partial charge in [-0.3, -0.25) is 0 Å². The lowest BCUT2D eigenvalue weighted by Crippen LogP contribution is -2.15. The molecule has 0 unspecified atom stereocenters. The summed E-state index contributed by atoms with van der Waals surface area (Å²) in [6, 6.07) is 6.06. The summed E-state index contributed by atoms with van der Waals surface area (Å²) >= 11 is 0. The van der Waals surface area contributed by atoms with Crippen LogP contribution in [0.1, 0.15) is 31.7 Å². The van der Waals surface area contributed by atoms with Crippen molar-refractivity contribution in [2.45, 2.75) is 32.7 Å². The van der Waals surface area contributed by atoms with Crippen LogP contribution in [0.25, 0.3) is 0 Å². The van der Waals surface area contributed by atoms with E-state index in [0.29, 0.717) is 30.3 Å². The molecule has 0 atom stereocenters. The third-order valence-electron chi connectivity index (χ3n) is 3.03. The number of nitrogens with one attached hydrogen (secondary N) is 1. The van der Waals surface area contributed by atoms with Crippen LogP contribution < -0.4 is 19.5 Å². The maximum atomic E-state index is 8.48. The lowest BCUT2D eigenvalue weighted by atomic mass is 10.1. The molecule has 1 aromatic carbocycles. The minimum absolute atomic E-state index is 0.559. The van der Waals surface area contributed by atoms with Crippen LogP contribution in [0, 0.1) is 11.3 Å². The Bertz CT molecular complexity index is 444. The summed E-state index contributed by atoms with van der Waals surface area (Å²) in [4.78, 5) is 0. The standard InChI is InChI=1S/C16H24N2O3/c1-4-21-16-14(19-2)10-13(11-15(16)20-3)12-18-9-7-5-6-8-17/h10-11,18H,4-7,9,12H2,1-3H3. The van der Waals surface area contributed by atoms with Crippen LogP contribution in [-0.4, -0.2) is 27.4 Å². The van der Waals surface area contributed by atoms with Crippen LogP contribution >= 0.6 is 0 Å². The van der Waals surface area contributed by atoms with Crippen molar-refractivity contribution < 1.29 is 14.2 Å². The molecule has 0 bridgehead atoms. The van der Waals surface area contributed by atoms with Crippen molar-refractivity contribution in [3.63, 3.8) is 0 Å². The smallest absolute Gasteiger partial charge is 0.203 e. The Labute approximate surface area is 126 Å². The number of unbranched alkanes of at least 4 members (excludes halogenated alkanes) is 2. The molecule has 0 aliphatic rings. The lowest BCUT2D eigenvalue weighted by Gasteiger charge is -2.15. The number of rotatable bonds is 10. The first kappa shape index (κ1) is 17.1. The minimum atomic E-state index is 0.559. The zero-order valence-corrected chi connectivity index (χ0v) is 13.1. The Kier molecular flexibility index (Phi) is 8.07. The van der Waals surface area contributed by atoms with Crippen molar-refractivity contribution in [2.24, 2.45) is 0 Å². The Morgan fingerprint density at radius 3 is 2.33 bits per heavy atom. The van der Waals surface area contributed by atoms with Gasteiger partial charge in [0.25, 0.3) is 0 Å². The molecule has 116 valence electrons. The van der Waals surface area contributed by atoms with E-state index in [-0.39, 0.29) is 0 Å². The van der Waals surface area contributed by atoms with E-state index in [4.69, 9.17) is 19.5 Å². The number of ether oxygens (including phenoxy) is 3. The Hall–Kier alpha value is -1.93. The summed E-state index contributed by atoms with van der Waals surface area (Å²) in [5.74, 6) is 2.00. The summed E-state index contributed by atoms with van der Waals surface area (Å²) in [7, 11) is 3.24. The van der Waals surface area contributed by atoms with Gasteiger partial charge in [-0.15, -0.1) is 0 Å². The van der Waals surface area contributed by atoms with Crippen molar-refractivity contribution in [1.29, 1.82) is 5.26 Å². The average Bonchev–Trinajstić information content (AvgIpc) is 2.51. The van der Waals surface area contributed by atoms with Crippen LogP contribution in [0.3, 0.4) is 0 Å². The predicted molar refractivity (Wildman–Crippen MR) is 81.9 cm³/mol. The predicted octanol–water partition coefficient (Wildman–Crippen LogP) is 2.89. The second-order valence-corrected chi connectivity index (χ2v) is 4.55. The van der Waals surface area contributed by atoms with E-state index in [0.717, 1.165) is 31.5 Å². The largest absolute Gasteiger partial charge is 0.493 e. The zero-order chi connectivity index (χ0) is 15.5. The molecule has 0 heterocycles. The molecule has 0 aliphatic carbocycles. The van der Waals surface area contributed by atoms with E-state index in [9.17, 15) is 0 Å². The summed E-state index contributed by atoms with van der Waals surface area (Å²) in [5.41, 5.74) is 1.08. The summed E-state index contributed by atoms with van der Waals surface area (Å²) in [5, 5.41) is 11.8. The Morgan fingerprint density at radius 2 is 1.81 bits per heavy atom. The fraction of sp³-hybridized carbons (Fsp3) is 0.562. The van der Waals surface area contributed by atoms with Crippen molar-refractivity contribution in [2.75, 3.05) is 27.4 Å². The Balaban J connectivity index is 2.64. The topological polar surface area (TPSA) is 63.5 Å². The van der Waals surface area contributed by atoms with Crippen LogP contribution in [0.15, 0.2) is 12.1 Å². The molecule has 0 aromatic heterocycles. The van der Waals surface area contributed by atoms with Gasteiger partial charge >= 0.3 is 0 Å². The average molecular weight is 292 g/mol. The third-order valence-corrected chi connectivity index (χ3v) is 3.03. The number of nitrogens with zero attached hydrogens (tertiary/aromatic N) is 1. The molecule has 0 radical (unpaired) electrons. The molecule has 5 heteroatoms. The molecule has 1 aromatic rings. The van der Waals surface area contributed by atoms with E-state index >= 15 is 0 Å². The highest BCUT2D eigenvalue weighted by molar-refractivity contribution is 5.53. The molecule has 0 spiro atoms. The molecule has 0 fully saturated rings. The van der Waals surface area contributed by atoms with E-state index in [1.807, 2.05) is 19.1 Å². The van der Waals surface area contributed by atoms with E-state index in [1.54, 1.807) is 14.2 Å². The van der Waals surface area contributed by atoms with Gasteiger partial charge in [-0.05, 0) is 44.0 Å². The van der Waals surface area contributed by atoms with Gasteiger partial charge in [0, 0.05) is 13.0 Å². The summed E-state index contributed by atoms with van der Waals surface area (Å²) in [6.45, 7) is 4.10. The third kappa shape index (κ3) is 5.52. The summed E-state index contributed by atoms with van der Waals surface area (Å²) < 4.78 is 16.3. The fourth-order valence-corrected chi connectivity index (χ4v) is 2.01. The highest BCUT2D eigenvalue weighted by Gasteiger charge is 2.13. The van der Waals surface area contributed by atoms with Crippen LogP contribution in [0.5, 0.6) is 17.2 Å². The van der Waals surface area contributed by atoms with Gasteiger partial charge in [0.05, 0.1) is 26.9 Å². The van der Waals surface area contributed by atoms with Crippen LogP contribution in [-0.2, 0) is 6.54 Å². The monoisotopic (exact) mass is 292 g/mol. The van der Waals surface area contributed by atoms with Crippen LogP contribution in [0.4, 0.5) is 0 Å². The molecule has 0 amide bonds. The molecule has 0 aliphatic heterocycles. The number of hydrogen-bond donors (Lipinski definition) is 1. The number of benzene rings is 1. The van der Waals surface area contributed by atoms with Gasteiger partial charge in [-0.1, -0.05) is 0 Å². The molecule has 0 saturated carbocycles. The van der Waals surface area contributed by atoms with Gasteiger partial charge in [-0.25, -0.2) is 0 Å². The first-order chi connectivity index (χ1) is 10.3. The number of hydrogen-bond acceptors (Lipinski definition) is 5. The highest BCUT2D eigenvalue weighted by atomic mass is 16.5. The Morgan fingerprint density at radius 1 is 1.14 bits per heavy atom. The fourth-order valence-electron chi connectivity index (χ4n) is 2.01. The van der Waals surface area contributed by atoms with Gasteiger partial charge in [0.1, 0.15) is 0 Å². The van der Waals surface area contributed by atoms with Gasteiger partial charge in [0.2, 0.25) is 5.75 Å². The van der Waals surface area contributed by atoms with Crippen molar-refractivity contribution in [1.82, 2.24) is 5.32 Å². The normalized spacial score (nSPS) is 10.0. The number of methoxy groups -OCH3 is 2. The SMILES string of the molecule is CCOc1c(OC)cc(CNCCCCC#N)cc1OC. The van der Waals surface area contributed by atoms with E-state index in [1.165, 1.54) is 0 Å². The molecule has 5 nitrogen and oxygen atoms in total. The van der Waals surface area contributed by atoms with E-state index in [2.05, 4.69) is 11.4 Å². The first-order valence-corrected chi connectivity index (χ1v) is 7.22. The highest BCUT2D eigenvalue weighted by Crippen LogP contribution is 2.38. The maximum Gasteiger partial charge on any atom is 0.203 e. The number of nitriles is 1. The van der Waals surface area contributed by atoms with Gasteiger partial charge in [-0.2, -0.15) is 5.26 Å². The molecule has 1 N–H and O–H groups in total. The quantitative estimate of drug-likeness (QED) is 0.672. The van der Waals surface area contributed by atoms with Crippen molar-refractivity contribution in [3.8, 4) is 23.3 Å². The summed E-state index contributed by atoms with van der Waals surface area (Å²) in [6.07, 6.45) is 2.55.